The molecule has 18 heavy (non-hydrogen) atoms. The first-order valence-corrected chi connectivity index (χ1v) is 6.85. The maximum absolute atomic E-state index is 6.26. The highest BCUT2D eigenvalue weighted by atomic mass is 35.5. The van der Waals surface area contributed by atoms with Gasteiger partial charge in [0.25, 0.3) is 0 Å². The highest BCUT2D eigenvalue weighted by molar-refractivity contribution is 6.32. The lowest BCUT2D eigenvalue weighted by Gasteiger charge is -2.28. The minimum atomic E-state index is 0.531. The Kier molecular flexibility index (Phi) is 3.04. The molecule has 0 N–H and O–H groups in total. The molecule has 0 unspecified atom stereocenters. The average Bonchev–Trinajstić information content (AvgIpc) is 2.68. The van der Waals surface area contributed by atoms with E-state index in [4.69, 9.17) is 11.6 Å². The maximum Gasteiger partial charge on any atom is 0.155 e. The van der Waals surface area contributed by atoms with Gasteiger partial charge in [-0.1, -0.05) is 11.6 Å². The topological polar surface area (TPSA) is 20.5 Å². The van der Waals surface area contributed by atoms with Gasteiger partial charge < -0.3 is 9.30 Å². The smallest absolute Gasteiger partial charge is 0.155 e. The van der Waals surface area contributed by atoms with Gasteiger partial charge in [0, 0.05) is 12.1 Å². The van der Waals surface area contributed by atoms with Gasteiger partial charge in [0.05, 0.1) is 5.52 Å². The second kappa shape index (κ2) is 4.56. The van der Waals surface area contributed by atoms with Gasteiger partial charge >= 0.3 is 0 Å². The summed E-state index contributed by atoms with van der Waals surface area (Å²) in [5.74, 6) is 1.66. The summed E-state index contributed by atoms with van der Waals surface area (Å²) in [4.78, 5) is 6.96. The summed E-state index contributed by atoms with van der Waals surface area (Å²) in [6.07, 6.45) is 4.43. The van der Waals surface area contributed by atoms with Crippen LogP contribution in [0.5, 0.6) is 0 Å². The molecule has 4 heteroatoms. The van der Waals surface area contributed by atoms with Crippen LogP contribution in [0.25, 0.3) is 5.52 Å². The van der Waals surface area contributed by atoms with Crippen molar-refractivity contribution < 1.29 is 0 Å². The second-order valence-corrected chi connectivity index (χ2v) is 5.66. The fourth-order valence-electron chi connectivity index (χ4n) is 2.73. The van der Waals surface area contributed by atoms with Crippen LogP contribution in [0.1, 0.15) is 30.1 Å². The standard InChI is InChI=1S/C14H18ClN3/c1-10-3-8-18-12(9-10)13(15)16-14(18)11-4-6-17(2)7-5-11/h3,8-9,11H,4-7H2,1-2H3. The third-order valence-corrected chi connectivity index (χ3v) is 4.14. The number of pyridine rings is 1. The summed E-state index contributed by atoms with van der Waals surface area (Å²) in [5.41, 5.74) is 2.25. The molecule has 1 saturated heterocycles. The third kappa shape index (κ3) is 2.02. The minimum Gasteiger partial charge on any atom is -0.306 e. The first-order chi connectivity index (χ1) is 8.65. The summed E-state index contributed by atoms with van der Waals surface area (Å²) in [6, 6.07) is 4.22. The highest BCUT2D eigenvalue weighted by Gasteiger charge is 2.23. The van der Waals surface area contributed by atoms with Crippen LogP contribution in [-0.2, 0) is 0 Å². The fourth-order valence-corrected chi connectivity index (χ4v) is 2.96. The molecule has 96 valence electrons. The number of imidazole rings is 1. The summed E-state index contributed by atoms with van der Waals surface area (Å²) in [5, 5.41) is 0.632. The number of aromatic nitrogens is 2. The lowest BCUT2D eigenvalue weighted by atomic mass is 9.96. The van der Waals surface area contributed by atoms with Crippen molar-refractivity contribution in [3.05, 3.63) is 34.9 Å². The molecule has 0 spiro atoms. The zero-order valence-electron chi connectivity index (χ0n) is 10.9. The number of fused-ring (bicyclic) bond motifs is 1. The van der Waals surface area contributed by atoms with E-state index in [0.29, 0.717) is 11.1 Å². The molecule has 0 saturated carbocycles. The Bertz CT molecular complexity index is 568. The van der Waals surface area contributed by atoms with Gasteiger partial charge in [-0.05, 0) is 57.6 Å². The minimum absolute atomic E-state index is 0.531. The summed E-state index contributed by atoms with van der Waals surface area (Å²) in [6.45, 7) is 4.37. The van der Waals surface area contributed by atoms with Crippen molar-refractivity contribution in [2.75, 3.05) is 20.1 Å². The zero-order chi connectivity index (χ0) is 12.7. The van der Waals surface area contributed by atoms with Gasteiger partial charge in [0.15, 0.2) is 5.15 Å². The number of rotatable bonds is 1. The predicted molar refractivity (Wildman–Crippen MR) is 74.4 cm³/mol. The molecule has 0 radical (unpaired) electrons. The molecule has 2 aromatic heterocycles. The Morgan fingerprint density at radius 2 is 2.06 bits per heavy atom. The van der Waals surface area contributed by atoms with Crippen LogP contribution in [0.4, 0.5) is 0 Å². The van der Waals surface area contributed by atoms with E-state index < -0.39 is 0 Å². The number of aryl methyl sites for hydroxylation is 1. The van der Waals surface area contributed by atoms with Crippen LogP contribution >= 0.6 is 11.6 Å². The Morgan fingerprint density at radius 3 is 2.78 bits per heavy atom. The van der Waals surface area contributed by atoms with Gasteiger partial charge in [0.2, 0.25) is 0 Å². The first-order valence-electron chi connectivity index (χ1n) is 6.48. The average molecular weight is 264 g/mol. The fraction of sp³-hybridized carbons (Fsp3) is 0.500. The Labute approximate surface area is 112 Å². The van der Waals surface area contributed by atoms with E-state index in [-0.39, 0.29) is 0 Å². The Hall–Kier alpha value is -1.06. The van der Waals surface area contributed by atoms with Gasteiger partial charge in [0.1, 0.15) is 5.82 Å². The predicted octanol–water partition coefficient (Wildman–Crippen LogP) is 3.11. The van der Waals surface area contributed by atoms with Crippen molar-refractivity contribution in [1.82, 2.24) is 14.3 Å². The quantitative estimate of drug-likeness (QED) is 0.788. The molecule has 3 heterocycles. The van der Waals surface area contributed by atoms with E-state index in [1.54, 1.807) is 0 Å². The summed E-state index contributed by atoms with van der Waals surface area (Å²) in [7, 11) is 2.18. The van der Waals surface area contributed by atoms with Gasteiger partial charge in [-0.25, -0.2) is 4.98 Å². The van der Waals surface area contributed by atoms with Crippen molar-refractivity contribution in [2.24, 2.45) is 0 Å². The van der Waals surface area contributed by atoms with Crippen LogP contribution in [-0.4, -0.2) is 34.4 Å². The van der Waals surface area contributed by atoms with E-state index in [2.05, 4.69) is 46.6 Å². The van der Waals surface area contributed by atoms with Gasteiger partial charge in [-0.3, -0.25) is 0 Å². The SMILES string of the molecule is Cc1ccn2c(C3CCN(C)CC3)nc(Cl)c2c1. The monoisotopic (exact) mass is 263 g/mol. The number of halogens is 1. The Morgan fingerprint density at radius 1 is 1.33 bits per heavy atom. The lowest BCUT2D eigenvalue weighted by Crippen LogP contribution is -2.29. The third-order valence-electron chi connectivity index (χ3n) is 3.87. The summed E-state index contributed by atoms with van der Waals surface area (Å²) >= 11 is 6.26. The molecule has 1 fully saturated rings. The second-order valence-electron chi connectivity index (χ2n) is 5.30. The van der Waals surface area contributed by atoms with Crippen molar-refractivity contribution in [3.8, 4) is 0 Å². The molecular weight excluding hydrogens is 246 g/mol. The summed E-state index contributed by atoms with van der Waals surface area (Å²) < 4.78 is 2.16. The van der Waals surface area contributed by atoms with Crippen LogP contribution in [0.2, 0.25) is 5.15 Å². The number of likely N-dealkylation sites (tertiary alicyclic amines) is 1. The Balaban J connectivity index is 2.02. The van der Waals surface area contributed by atoms with Crippen LogP contribution in [0, 0.1) is 6.92 Å². The largest absolute Gasteiger partial charge is 0.306 e. The number of hydrogen-bond acceptors (Lipinski definition) is 2. The molecule has 3 rings (SSSR count). The molecular formula is C14H18ClN3. The van der Waals surface area contributed by atoms with Crippen molar-refractivity contribution in [1.29, 1.82) is 0 Å². The molecule has 1 aliphatic rings. The lowest BCUT2D eigenvalue weighted by molar-refractivity contribution is 0.251. The van der Waals surface area contributed by atoms with Crippen LogP contribution in [0.3, 0.4) is 0 Å². The number of piperidine rings is 1. The van der Waals surface area contributed by atoms with Crippen molar-refractivity contribution in [2.45, 2.75) is 25.7 Å². The number of hydrogen-bond donors (Lipinski definition) is 0. The molecule has 0 atom stereocenters. The highest BCUT2D eigenvalue weighted by Crippen LogP contribution is 2.30. The molecule has 3 nitrogen and oxygen atoms in total. The normalized spacial score (nSPS) is 18.6. The van der Waals surface area contributed by atoms with Crippen molar-refractivity contribution in [3.63, 3.8) is 0 Å². The molecule has 0 aromatic carbocycles. The van der Waals surface area contributed by atoms with E-state index in [0.717, 1.165) is 24.4 Å². The number of nitrogens with zero attached hydrogens (tertiary/aromatic N) is 3. The molecule has 0 aliphatic carbocycles. The van der Waals surface area contributed by atoms with Gasteiger partial charge in [-0.15, -0.1) is 0 Å². The maximum atomic E-state index is 6.26. The first kappa shape index (κ1) is 12.0. The molecule has 1 aliphatic heterocycles. The molecule has 2 aromatic rings. The van der Waals surface area contributed by atoms with Gasteiger partial charge in [-0.2, -0.15) is 0 Å². The van der Waals surface area contributed by atoms with E-state index in [9.17, 15) is 0 Å². The van der Waals surface area contributed by atoms with Crippen molar-refractivity contribution >= 4 is 17.1 Å². The van der Waals surface area contributed by atoms with E-state index in [1.807, 2.05) is 0 Å². The van der Waals surface area contributed by atoms with E-state index >= 15 is 0 Å². The van der Waals surface area contributed by atoms with Crippen LogP contribution < -0.4 is 0 Å². The van der Waals surface area contributed by atoms with E-state index in [1.165, 1.54) is 18.4 Å². The zero-order valence-corrected chi connectivity index (χ0v) is 11.6. The molecule has 0 amide bonds. The van der Waals surface area contributed by atoms with Crippen LogP contribution in [0.15, 0.2) is 18.3 Å². The molecule has 0 bridgehead atoms.